The molecule has 90 valence electrons. The van der Waals surface area contributed by atoms with Crippen molar-refractivity contribution in [3.8, 4) is 0 Å². The fourth-order valence-electron chi connectivity index (χ4n) is 1.13. The summed E-state index contributed by atoms with van der Waals surface area (Å²) in [6.45, 7) is 4.56. The van der Waals surface area contributed by atoms with E-state index in [2.05, 4.69) is 10.1 Å². The molecule has 0 aliphatic heterocycles. The normalized spacial score (nSPS) is 13.5. The van der Waals surface area contributed by atoms with Gasteiger partial charge in [0, 0.05) is 6.04 Å². The van der Waals surface area contributed by atoms with Crippen LogP contribution in [0.15, 0.2) is 0 Å². The highest BCUT2D eigenvalue weighted by molar-refractivity contribution is 7.92. The Hall–Kier alpha value is -0.620. The van der Waals surface area contributed by atoms with E-state index in [4.69, 9.17) is 0 Å². The minimum Gasteiger partial charge on any atom is -0.468 e. The second-order valence-electron chi connectivity index (χ2n) is 3.49. The SMILES string of the molecule is CCCNC(C)CS(=O)(=O)CC(=O)OC. The van der Waals surface area contributed by atoms with E-state index >= 15 is 0 Å². The van der Waals surface area contributed by atoms with Crippen LogP contribution in [-0.2, 0) is 19.4 Å². The summed E-state index contributed by atoms with van der Waals surface area (Å²) in [5, 5.41) is 3.05. The molecule has 0 aromatic rings. The number of methoxy groups -OCH3 is 1. The maximum atomic E-state index is 11.4. The zero-order chi connectivity index (χ0) is 11.9. The number of esters is 1. The van der Waals surface area contributed by atoms with E-state index in [0.717, 1.165) is 13.0 Å². The molecule has 1 atom stereocenters. The van der Waals surface area contributed by atoms with Crippen LogP contribution in [0.2, 0.25) is 0 Å². The van der Waals surface area contributed by atoms with E-state index in [-0.39, 0.29) is 11.8 Å². The van der Waals surface area contributed by atoms with Gasteiger partial charge in [-0.15, -0.1) is 0 Å². The standard InChI is InChI=1S/C9H19NO4S/c1-4-5-10-8(2)6-15(12,13)7-9(11)14-3/h8,10H,4-7H2,1-3H3. The Kier molecular flexibility index (Phi) is 6.51. The molecule has 0 rings (SSSR count). The van der Waals surface area contributed by atoms with Crippen LogP contribution in [0.5, 0.6) is 0 Å². The largest absolute Gasteiger partial charge is 0.468 e. The minimum atomic E-state index is -3.36. The lowest BCUT2D eigenvalue weighted by Gasteiger charge is -2.12. The molecule has 5 nitrogen and oxygen atoms in total. The van der Waals surface area contributed by atoms with Gasteiger partial charge >= 0.3 is 5.97 Å². The van der Waals surface area contributed by atoms with E-state index in [0.29, 0.717) is 0 Å². The molecule has 0 aromatic carbocycles. The first kappa shape index (κ1) is 14.4. The van der Waals surface area contributed by atoms with Crippen molar-refractivity contribution in [2.24, 2.45) is 0 Å². The number of ether oxygens (including phenoxy) is 1. The van der Waals surface area contributed by atoms with E-state index in [9.17, 15) is 13.2 Å². The molecule has 0 amide bonds. The summed E-state index contributed by atoms with van der Waals surface area (Å²) in [7, 11) is -2.18. The summed E-state index contributed by atoms with van der Waals surface area (Å²) >= 11 is 0. The van der Waals surface area contributed by atoms with Gasteiger partial charge in [0.05, 0.1) is 12.9 Å². The van der Waals surface area contributed by atoms with Crippen molar-refractivity contribution in [2.45, 2.75) is 26.3 Å². The number of carbonyl (C=O) groups excluding carboxylic acids is 1. The van der Waals surface area contributed by atoms with Gasteiger partial charge in [-0.25, -0.2) is 8.42 Å². The highest BCUT2D eigenvalue weighted by Crippen LogP contribution is 1.96. The van der Waals surface area contributed by atoms with Crippen molar-refractivity contribution in [1.82, 2.24) is 5.32 Å². The monoisotopic (exact) mass is 237 g/mol. The predicted molar refractivity (Wildman–Crippen MR) is 58.4 cm³/mol. The van der Waals surface area contributed by atoms with Gasteiger partial charge in [-0.2, -0.15) is 0 Å². The molecule has 0 heterocycles. The lowest BCUT2D eigenvalue weighted by atomic mass is 10.3. The Labute approximate surface area is 91.1 Å². The van der Waals surface area contributed by atoms with Crippen LogP contribution in [0.25, 0.3) is 0 Å². The Bertz CT molecular complexity index is 286. The quantitative estimate of drug-likeness (QED) is 0.629. The van der Waals surface area contributed by atoms with Crippen molar-refractivity contribution in [3.05, 3.63) is 0 Å². The summed E-state index contributed by atoms with van der Waals surface area (Å²) < 4.78 is 27.2. The van der Waals surface area contributed by atoms with Gasteiger partial charge < -0.3 is 10.1 Å². The minimum absolute atomic E-state index is 0.0396. The maximum absolute atomic E-state index is 11.4. The third kappa shape index (κ3) is 7.33. The maximum Gasteiger partial charge on any atom is 0.320 e. The summed E-state index contributed by atoms with van der Waals surface area (Å²) in [5.41, 5.74) is 0. The number of rotatable bonds is 7. The Balaban J connectivity index is 4.08. The Morgan fingerprint density at radius 2 is 2.07 bits per heavy atom. The van der Waals surface area contributed by atoms with Gasteiger partial charge in [0.2, 0.25) is 0 Å². The smallest absolute Gasteiger partial charge is 0.320 e. The van der Waals surface area contributed by atoms with E-state index in [1.807, 2.05) is 6.92 Å². The van der Waals surface area contributed by atoms with Crippen molar-refractivity contribution in [2.75, 3.05) is 25.2 Å². The predicted octanol–water partition coefficient (Wildman–Crippen LogP) is -0.0377. The Morgan fingerprint density at radius 3 is 2.53 bits per heavy atom. The first-order chi connectivity index (χ1) is 6.91. The molecule has 0 aliphatic rings. The molecule has 0 spiro atoms. The van der Waals surface area contributed by atoms with Crippen molar-refractivity contribution in [3.63, 3.8) is 0 Å². The number of nitrogens with one attached hydrogen (secondary N) is 1. The van der Waals surface area contributed by atoms with Crippen LogP contribution < -0.4 is 5.32 Å². The lowest BCUT2D eigenvalue weighted by molar-refractivity contribution is -0.137. The van der Waals surface area contributed by atoms with E-state index < -0.39 is 21.6 Å². The molecule has 0 saturated carbocycles. The summed E-state index contributed by atoms with van der Waals surface area (Å²) in [6.07, 6.45) is 0.946. The van der Waals surface area contributed by atoms with Gasteiger partial charge in [-0.05, 0) is 19.9 Å². The van der Waals surface area contributed by atoms with Gasteiger partial charge in [-0.1, -0.05) is 6.92 Å². The Morgan fingerprint density at radius 1 is 1.47 bits per heavy atom. The molecule has 15 heavy (non-hydrogen) atoms. The first-order valence-electron chi connectivity index (χ1n) is 4.92. The fraction of sp³-hybridized carbons (Fsp3) is 0.889. The molecule has 6 heteroatoms. The second-order valence-corrected chi connectivity index (χ2v) is 5.60. The van der Waals surface area contributed by atoms with Gasteiger partial charge in [0.15, 0.2) is 9.84 Å². The zero-order valence-electron chi connectivity index (χ0n) is 9.45. The molecule has 0 saturated heterocycles. The third-order valence-corrected chi connectivity index (χ3v) is 3.50. The average Bonchev–Trinajstić information content (AvgIpc) is 2.12. The summed E-state index contributed by atoms with van der Waals surface area (Å²) in [5.74, 6) is -1.29. The highest BCUT2D eigenvalue weighted by Gasteiger charge is 2.19. The van der Waals surface area contributed by atoms with Crippen LogP contribution in [0.3, 0.4) is 0 Å². The van der Waals surface area contributed by atoms with Crippen LogP contribution in [0.4, 0.5) is 0 Å². The lowest BCUT2D eigenvalue weighted by Crippen LogP contribution is -2.35. The van der Waals surface area contributed by atoms with Gasteiger partial charge in [0.25, 0.3) is 0 Å². The van der Waals surface area contributed by atoms with Crippen LogP contribution in [-0.4, -0.2) is 45.6 Å². The first-order valence-corrected chi connectivity index (χ1v) is 6.74. The summed E-state index contributed by atoms with van der Waals surface area (Å²) in [6, 6.07) is -0.139. The van der Waals surface area contributed by atoms with Crippen molar-refractivity contribution >= 4 is 15.8 Å². The van der Waals surface area contributed by atoms with Crippen LogP contribution in [0, 0.1) is 0 Å². The molecule has 0 fully saturated rings. The average molecular weight is 237 g/mol. The topological polar surface area (TPSA) is 72.5 Å². The molecule has 0 bridgehead atoms. The number of hydrogen-bond donors (Lipinski definition) is 1. The molecular weight excluding hydrogens is 218 g/mol. The van der Waals surface area contributed by atoms with Crippen LogP contribution >= 0.6 is 0 Å². The van der Waals surface area contributed by atoms with E-state index in [1.165, 1.54) is 7.11 Å². The molecule has 0 radical (unpaired) electrons. The van der Waals surface area contributed by atoms with E-state index in [1.54, 1.807) is 6.92 Å². The molecule has 1 N–H and O–H groups in total. The second kappa shape index (κ2) is 6.79. The summed E-state index contributed by atoms with van der Waals surface area (Å²) in [4.78, 5) is 10.8. The molecule has 0 aromatic heterocycles. The zero-order valence-corrected chi connectivity index (χ0v) is 10.3. The molecular formula is C9H19NO4S. The van der Waals surface area contributed by atoms with Gasteiger partial charge in [-0.3, -0.25) is 4.79 Å². The van der Waals surface area contributed by atoms with Crippen LogP contribution in [0.1, 0.15) is 20.3 Å². The third-order valence-electron chi connectivity index (χ3n) is 1.81. The van der Waals surface area contributed by atoms with Crippen molar-refractivity contribution < 1.29 is 17.9 Å². The number of sulfone groups is 1. The number of carbonyl (C=O) groups is 1. The number of hydrogen-bond acceptors (Lipinski definition) is 5. The fourth-order valence-corrected chi connectivity index (χ4v) is 2.60. The van der Waals surface area contributed by atoms with Crippen molar-refractivity contribution in [1.29, 1.82) is 0 Å². The highest BCUT2D eigenvalue weighted by atomic mass is 32.2. The van der Waals surface area contributed by atoms with Gasteiger partial charge in [0.1, 0.15) is 5.75 Å². The molecule has 0 aliphatic carbocycles. The molecule has 1 unspecified atom stereocenters.